The van der Waals surface area contributed by atoms with Crippen molar-refractivity contribution in [1.82, 2.24) is 4.98 Å². The molecule has 0 bridgehead atoms. The van der Waals surface area contributed by atoms with Crippen molar-refractivity contribution in [3.63, 3.8) is 0 Å². The zero-order valence-electron chi connectivity index (χ0n) is 10.0. The summed E-state index contributed by atoms with van der Waals surface area (Å²) in [7, 11) is 0. The molecular weight excluding hydrogens is 272 g/mol. The van der Waals surface area contributed by atoms with Gasteiger partial charge in [-0.2, -0.15) is 0 Å². The van der Waals surface area contributed by atoms with Gasteiger partial charge in [-0.3, -0.25) is 4.99 Å². The first-order valence-corrected chi connectivity index (χ1v) is 8.50. The zero-order chi connectivity index (χ0) is 12.1. The summed E-state index contributed by atoms with van der Waals surface area (Å²) in [5.41, 5.74) is 1.14. The van der Waals surface area contributed by atoms with E-state index in [-0.39, 0.29) is 6.10 Å². The summed E-state index contributed by atoms with van der Waals surface area (Å²) in [6.07, 6.45) is 0.113. The Kier molecular flexibility index (Phi) is 5.34. The second-order valence-corrected chi connectivity index (χ2v) is 6.76. The van der Waals surface area contributed by atoms with Crippen LogP contribution in [0.2, 0.25) is 0 Å². The van der Waals surface area contributed by atoms with Crippen LogP contribution in [0.3, 0.4) is 0 Å². The predicted octanol–water partition coefficient (Wildman–Crippen LogP) is 3.58. The van der Waals surface area contributed by atoms with Crippen LogP contribution in [0.15, 0.2) is 10.4 Å². The second kappa shape index (κ2) is 6.78. The summed E-state index contributed by atoms with van der Waals surface area (Å²) < 4.78 is 6.74. The molecule has 6 heteroatoms. The van der Waals surface area contributed by atoms with Crippen molar-refractivity contribution in [3.8, 4) is 0 Å². The quantitative estimate of drug-likeness (QED) is 0.829. The zero-order valence-corrected chi connectivity index (χ0v) is 12.5. The summed E-state index contributed by atoms with van der Waals surface area (Å²) >= 11 is 5.32. The average Bonchev–Trinajstić information content (AvgIpc) is 2.98. The SMILES string of the molecule is CCO[C@@H](C)c1nc(CSC2=NCCS2)cs1. The predicted molar refractivity (Wildman–Crippen MR) is 78.2 cm³/mol. The fourth-order valence-corrected chi connectivity index (χ4v) is 4.27. The molecule has 94 valence electrons. The van der Waals surface area contributed by atoms with E-state index in [0.29, 0.717) is 0 Å². The molecule has 2 rings (SSSR count). The first-order valence-electron chi connectivity index (χ1n) is 5.65. The van der Waals surface area contributed by atoms with Gasteiger partial charge in [-0.15, -0.1) is 11.3 Å². The number of rotatable bonds is 5. The van der Waals surface area contributed by atoms with E-state index in [1.165, 1.54) is 4.38 Å². The molecule has 1 aromatic rings. The maximum atomic E-state index is 5.53. The van der Waals surface area contributed by atoms with Gasteiger partial charge < -0.3 is 4.74 Å². The first-order chi connectivity index (χ1) is 8.29. The average molecular weight is 288 g/mol. The number of thiazole rings is 1. The Morgan fingerprint density at radius 1 is 1.59 bits per heavy atom. The summed E-state index contributed by atoms with van der Waals surface area (Å²) in [5, 5.41) is 3.20. The van der Waals surface area contributed by atoms with Gasteiger partial charge in [-0.25, -0.2) is 4.98 Å². The van der Waals surface area contributed by atoms with E-state index in [0.717, 1.165) is 35.4 Å². The Balaban J connectivity index is 1.85. The summed E-state index contributed by atoms with van der Waals surface area (Å²) in [4.78, 5) is 9.01. The van der Waals surface area contributed by atoms with Crippen molar-refractivity contribution >= 4 is 39.2 Å². The Labute approximate surface area is 114 Å². The topological polar surface area (TPSA) is 34.5 Å². The molecule has 0 N–H and O–H groups in total. The van der Waals surface area contributed by atoms with E-state index in [1.807, 2.05) is 18.7 Å². The highest BCUT2D eigenvalue weighted by molar-refractivity contribution is 8.38. The Bertz CT molecular complexity index is 392. The van der Waals surface area contributed by atoms with E-state index in [9.17, 15) is 0 Å². The molecule has 1 aliphatic heterocycles. The fraction of sp³-hybridized carbons (Fsp3) is 0.636. The third-order valence-corrected chi connectivity index (χ3v) is 5.58. The Hall–Kier alpha value is -0.0400. The molecule has 0 amide bonds. The standard InChI is InChI=1S/C11H16N2OS3/c1-3-14-8(2)10-13-9(6-16-10)7-17-11-12-4-5-15-11/h6,8H,3-5,7H2,1-2H3/t8-/m0/s1. The highest BCUT2D eigenvalue weighted by Gasteiger charge is 2.12. The van der Waals surface area contributed by atoms with Crippen LogP contribution >= 0.6 is 34.9 Å². The van der Waals surface area contributed by atoms with Crippen LogP contribution < -0.4 is 0 Å². The molecule has 0 radical (unpaired) electrons. The van der Waals surface area contributed by atoms with Gasteiger partial charge in [-0.1, -0.05) is 23.5 Å². The maximum Gasteiger partial charge on any atom is 0.125 e. The lowest BCUT2D eigenvalue weighted by molar-refractivity contribution is 0.0761. The largest absolute Gasteiger partial charge is 0.372 e. The molecule has 0 fully saturated rings. The molecular formula is C11H16N2OS3. The van der Waals surface area contributed by atoms with Crippen molar-refractivity contribution < 1.29 is 4.74 Å². The van der Waals surface area contributed by atoms with E-state index < -0.39 is 0 Å². The summed E-state index contributed by atoms with van der Waals surface area (Å²) in [6.45, 7) is 5.77. The summed E-state index contributed by atoms with van der Waals surface area (Å²) in [5.74, 6) is 2.05. The third kappa shape index (κ3) is 3.98. The molecule has 0 spiro atoms. The molecule has 0 unspecified atom stereocenters. The van der Waals surface area contributed by atoms with Gasteiger partial charge in [0.1, 0.15) is 15.5 Å². The van der Waals surface area contributed by atoms with Gasteiger partial charge in [0.25, 0.3) is 0 Å². The number of hydrogen-bond acceptors (Lipinski definition) is 6. The molecule has 1 aliphatic rings. The van der Waals surface area contributed by atoms with Crippen molar-refractivity contribution in [1.29, 1.82) is 0 Å². The van der Waals surface area contributed by atoms with E-state index >= 15 is 0 Å². The second-order valence-electron chi connectivity index (χ2n) is 3.56. The lowest BCUT2D eigenvalue weighted by atomic mass is 10.4. The minimum absolute atomic E-state index is 0.113. The molecule has 0 aromatic carbocycles. The molecule has 0 saturated heterocycles. The highest BCUT2D eigenvalue weighted by Crippen LogP contribution is 2.27. The minimum Gasteiger partial charge on any atom is -0.372 e. The van der Waals surface area contributed by atoms with Crippen LogP contribution in [-0.2, 0) is 10.5 Å². The fourth-order valence-electron chi connectivity index (χ4n) is 1.44. The van der Waals surface area contributed by atoms with E-state index in [4.69, 9.17) is 4.74 Å². The Morgan fingerprint density at radius 3 is 3.18 bits per heavy atom. The summed E-state index contributed by atoms with van der Waals surface area (Å²) in [6, 6.07) is 0. The van der Waals surface area contributed by atoms with Crippen LogP contribution in [0.4, 0.5) is 0 Å². The van der Waals surface area contributed by atoms with Crippen LogP contribution in [0.1, 0.15) is 30.7 Å². The number of aromatic nitrogens is 1. The van der Waals surface area contributed by atoms with Gasteiger partial charge in [0.05, 0.1) is 12.2 Å². The van der Waals surface area contributed by atoms with E-state index in [1.54, 1.807) is 23.1 Å². The van der Waals surface area contributed by atoms with Gasteiger partial charge in [-0.05, 0) is 13.8 Å². The van der Waals surface area contributed by atoms with Gasteiger partial charge >= 0.3 is 0 Å². The lowest BCUT2D eigenvalue weighted by Gasteiger charge is -2.06. The maximum absolute atomic E-state index is 5.53. The smallest absolute Gasteiger partial charge is 0.125 e. The van der Waals surface area contributed by atoms with Crippen molar-refractivity contribution in [2.75, 3.05) is 18.9 Å². The number of ether oxygens (including phenoxy) is 1. The monoisotopic (exact) mass is 288 g/mol. The number of thioether (sulfide) groups is 2. The van der Waals surface area contributed by atoms with Crippen molar-refractivity contribution in [3.05, 3.63) is 16.1 Å². The molecule has 1 atom stereocenters. The van der Waals surface area contributed by atoms with E-state index in [2.05, 4.69) is 22.3 Å². The minimum atomic E-state index is 0.113. The van der Waals surface area contributed by atoms with Gasteiger partial charge in [0.2, 0.25) is 0 Å². The molecule has 17 heavy (non-hydrogen) atoms. The normalized spacial score (nSPS) is 17.2. The first kappa shape index (κ1) is 13.4. The Morgan fingerprint density at radius 2 is 2.47 bits per heavy atom. The van der Waals surface area contributed by atoms with Gasteiger partial charge in [0, 0.05) is 23.5 Å². The van der Waals surface area contributed by atoms with Crippen LogP contribution in [-0.4, -0.2) is 28.3 Å². The van der Waals surface area contributed by atoms with Crippen LogP contribution in [0, 0.1) is 0 Å². The van der Waals surface area contributed by atoms with Crippen molar-refractivity contribution in [2.24, 2.45) is 4.99 Å². The van der Waals surface area contributed by atoms with Gasteiger partial charge in [0.15, 0.2) is 0 Å². The number of aliphatic imine (C=N–C) groups is 1. The van der Waals surface area contributed by atoms with Crippen molar-refractivity contribution in [2.45, 2.75) is 25.7 Å². The van der Waals surface area contributed by atoms with Crippen LogP contribution in [0.25, 0.3) is 0 Å². The molecule has 0 aliphatic carbocycles. The number of hydrogen-bond donors (Lipinski definition) is 0. The van der Waals surface area contributed by atoms with Crippen LogP contribution in [0.5, 0.6) is 0 Å². The third-order valence-electron chi connectivity index (χ3n) is 2.24. The molecule has 1 aromatic heterocycles. The number of nitrogens with zero attached hydrogens (tertiary/aromatic N) is 2. The lowest BCUT2D eigenvalue weighted by Crippen LogP contribution is -1.99. The molecule has 2 heterocycles. The molecule has 0 saturated carbocycles. The highest BCUT2D eigenvalue weighted by atomic mass is 32.2. The molecule has 3 nitrogen and oxygen atoms in total.